The van der Waals surface area contributed by atoms with Crippen molar-refractivity contribution in [2.24, 2.45) is 0 Å². The highest BCUT2D eigenvalue weighted by atomic mass is 16.5. The smallest absolute Gasteiger partial charge is 0.303 e. The number of hydrogen-bond acceptors (Lipinski definition) is 4. The van der Waals surface area contributed by atoms with Crippen molar-refractivity contribution >= 4 is 5.97 Å². The third-order valence-corrected chi connectivity index (χ3v) is 2.79. The zero-order valence-electron chi connectivity index (χ0n) is 10.5. The molecule has 2 rings (SSSR count). The summed E-state index contributed by atoms with van der Waals surface area (Å²) in [5.41, 5.74) is 1.04. The van der Waals surface area contributed by atoms with Gasteiger partial charge in [-0.25, -0.2) is 0 Å². The van der Waals surface area contributed by atoms with Crippen LogP contribution in [0.15, 0.2) is 36.6 Å². The molecule has 1 aromatic rings. The Morgan fingerprint density at radius 2 is 2.06 bits per heavy atom. The number of carbonyl (C=O) groups is 1. The van der Waals surface area contributed by atoms with E-state index in [1.54, 1.807) is 19.4 Å². The summed E-state index contributed by atoms with van der Waals surface area (Å²) >= 11 is 0. The largest absolute Gasteiger partial charge is 0.497 e. The highest BCUT2D eigenvalue weighted by Gasteiger charge is 2.22. The molecule has 0 spiro atoms. The highest BCUT2D eigenvalue weighted by Crippen LogP contribution is 2.29. The van der Waals surface area contributed by atoms with Crippen molar-refractivity contribution in [2.75, 3.05) is 7.11 Å². The minimum atomic E-state index is -0.278. The van der Waals surface area contributed by atoms with Crippen LogP contribution in [0.4, 0.5) is 0 Å². The van der Waals surface area contributed by atoms with Crippen LogP contribution in [0, 0.1) is 0 Å². The summed E-state index contributed by atoms with van der Waals surface area (Å²) < 4.78 is 15.8. The van der Waals surface area contributed by atoms with E-state index in [1.807, 2.05) is 24.3 Å². The Kier molecular flexibility index (Phi) is 3.87. The van der Waals surface area contributed by atoms with Gasteiger partial charge in [0.15, 0.2) is 0 Å². The van der Waals surface area contributed by atoms with Gasteiger partial charge in [0.25, 0.3) is 0 Å². The molecule has 0 fully saturated rings. The van der Waals surface area contributed by atoms with E-state index in [1.165, 1.54) is 6.92 Å². The van der Waals surface area contributed by atoms with E-state index in [9.17, 15) is 4.79 Å². The number of methoxy groups -OCH3 is 1. The Labute approximate surface area is 106 Å². The molecule has 1 aliphatic heterocycles. The van der Waals surface area contributed by atoms with E-state index in [0.29, 0.717) is 6.42 Å². The SMILES string of the molecule is COc1ccc(C2CC(OC(C)=O)C=CO2)cc1. The fraction of sp³-hybridized carbons (Fsp3) is 0.357. The fourth-order valence-corrected chi connectivity index (χ4v) is 1.91. The van der Waals surface area contributed by atoms with Crippen LogP contribution in [0.5, 0.6) is 5.75 Å². The maximum Gasteiger partial charge on any atom is 0.303 e. The maximum absolute atomic E-state index is 10.9. The van der Waals surface area contributed by atoms with Crippen LogP contribution in [0.3, 0.4) is 0 Å². The van der Waals surface area contributed by atoms with Gasteiger partial charge in [0, 0.05) is 13.3 Å². The van der Waals surface area contributed by atoms with Gasteiger partial charge in [-0.05, 0) is 23.8 Å². The van der Waals surface area contributed by atoms with Gasteiger partial charge < -0.3 is 14.2 Å². The van der Waals surface area contributed by atoms with E-state index >= 15 is 0 Å². The summed E-state index contributed by atoms with van der Waals surface area (Å²) in [6.07, 6.45) is 3.66. The highest BCUT2D eigenvalue weighted by molar-refractivity contribution is 5.66. The second kappa shape index (κ2) is 5.58. The molecule has 1 aliphatic rings. The lowest BCUT2D eigenvalue weighted by molar-refractivity contribution is -0.146. The van der Waals surface area contributed by atoms with Crippen molar-refractivity contribution in [3.8, 4) is 5.75 Å². The first-order chi connectivity index (χ1) is 8.69. The topological polar surface area (TPSA) is 44.8 Å². The summed E-state index contributed by atoms with van der Waals surface area (Å²) in [5, 5.41) is 0. The first-order valence-corrected chi connectivity index (χ1v) is 5.82. The Morgan fingerprint density at radius 1 is 1.33 bits per heavy atom. The predicted octanol–water partition coefficient (Wildman–Crippen LogP) is 2.60. The molecular weight excluding hydrogens is 232 g/mol. The number of rotatable bonds is 3. The second-order valence-corrected chi connectivity index (χ2v) is 4.11. The van der Waals surface area contributed by atoms with Crippen LogP contribution in [-0.2, 0) is 14.3 Å². The van der Waals surface area contributed by atoms with Gasteiger partial charge in [-0.1, -0.05) is 12.1 Å². The zero-order valence-corrected chi connectivity index (χ0v) is 10.5. The molecule has 4 heteroatoms. The molecule has 0 radical (unpaired) electrons. The van der Waals surface area contributed by atoms with Crippen LogP contribution in [-0.4, -0.2) is 19.2 Å². The van der Waals surface area contributed by atoms with Crippen LogP contribution >= 0.6 is 0 Å². The van der Waals surface area contributed by atoms with Gasteiger partial charge >= 0.3 is 5.97 Å². The molecule has 1 aromatic carbocycles. The second-order valence-electron chi connectivity index (χ2n) is 4.11. The Balaban J connectivity index is 2.04. The van der Waals surface area contributed by atoms with Crippen LogP contribution in [0.1, 0.15) is 25.0 Å². The molecule has 0 saturated carbocycles. The Hall–Kier alpha value is -1.97. The van der Waals surface area contributed by atoms with E-state index < -0.39 is 0 Å². The average molecular weight is 248 g/mol. The lowest BCUT2D eigenvalue weighted by atomic mass is 10.0. The third-order valence-electron chi connectivity index (χ3n) is 2.79. The molecule has 2 atom stereocenters. The van der Waals surface area contributed by atoms with Crippen LogP contribution in [0.2, 0.25) is 0 Å². The van der Waals surface area contributed by atoms with Gasteiger partial charge in [0.1, 0.15) is 18.0 Å². The Bertz CT molecular complexity index is 436. The standard InChI is InChI=1S/C14H16O4/c1-10(15)18-13-7-8-17-14(9-13)11-3-5-12(16-2)6-4-11/h3-8,13-14H,9H2,1-2H3. The number of hydrogen-bond donors (Lipinski definition) is 0. The minimum Gasteiger partial charge on any atom is -0.497 e. The molecule has 1 heterocycles. The minimum absolute atomic E-state index is 0.0924. The lowest BCUT2D eigenvalue weighted by Gasteiger charge is -2.25. The summed E-state index contributed by atoms with van der Waals surface area (Å²) in [6, 6.07) is 7.68. The summed E-state index contributed by atoms with van der Waals surface area (Å²) in [4.78, 5) is 10.9. The molecule has 0 aliphatic carbocycles. The molecule has 96 valence electrons. The molecule has 4 nitrogen and oxygen atoms in total. The molecular formula is C14H16O4. The van der Waals surface area contributed by atoms with Crippen LogP contribution in [0.25, 0.3) is 0 Å². The number of benzene rings is 1. The number of ether oxygens (including phenoxy) is 3. The summed E-state index contributed by atoms with van der Waals surface area (Å²) in [6.45, 7) is 1.41. The first-order valence-electron chi connectivity index (χ1n) is 5.82. The maximum atomic E-state index is 10.9. The first kappa shape index (κ1) is 12.5. The number of esters is 1. The zero-order chi connectivity index (χ0) is 13.0. The van der Waals surface area contributed by atoms with Crippen molar-refractivity contribution in [3.63, 3.8) is 0 Å². The quantitative estimate of drug-likeness (QED) is 0.771. The predicted molar refractivity (Wildman–Crippen MR) is 66.1 cm³/mol. The Morgan fingerprint density at radius 3 is 2.67 bits per heavy atom. The molecule has 0 bridgehead atoms. The molecule has 2 unspecified atom stereocenters. The van der Waals surface area contributed by atoms with Gasteiger partial charge in [0.2, 0.25) is 0 Å². The fourth-order valence-electron chi connectivity index (χ4n) is 1.91. The van der Waals surface area contributed by atoms with Gasteiger partial charge in [-0.2, -0.15) is 0 Å². The van der Waals surface area contributed by atoms with Crippen molar-refractivity contribution in [1.29, 1.82) is 0 Å². The normalized spacial score (nSPS) is 22.1. The van der Waals surface area contributed by atoms with Crippen molar-refractivity contribution in [1.82, 2.24) is 0 Å². The molecule has 0 aromatic heterocycles. The average Bonchev–Trinajstić information content (AvgIpc) is 2.38. The molecule has 0 amide bonds. The van der Waals surface area contributed by atoms with E-state index in [-0.39, 0.29) is 18.2 Å². The lowest BCUT2D eigenvalue weighted by Crippen LogP contribution is -2.21. The van der Waals surface area contributed by atoms with E-state index in [2.05, 4.69) is 0 Å². The van der Waals surface area contributed by atoms with Gasteiger partial charge in [0.05, 0.1) is 13.4 Å². The number of carbonyl (C=O) groups excluding carboxylic acids is 1. The summed E-state index contributed by atoms with van der Waals surface area (Å²) in [7, 11) is 1.63. The van der Waals surface area contributed by atoms with Crippen molar-refractivity contribution in [2.45, 2.75) is 25.6 Å². The monoisotopic (exact) mass is 248 g/mol. The summed E-state index contributed by atoms with van der Waals surface area (Å²) in [5.74, 6) is 0.529. The van der Waals surface area contributed by atoms with E-state index in [4.69, 9.17) is 14.2 Å². The molecule has 0 saturated heterocycles. The molecule has 18 heavy (non-hydrogen) atoms. The van der Waals surface area contributed by atoms with Crippen molar-refractivity contribution < 1.29 is 19.0 Å². The van der Waals surface area contributed by atoms with Gasteiger partial charge in [-0.15, -0.1) is 0 Å². The molecule has 0 N–H and O–H groups in total. The van der Waals surface area contributed by atoms with Gasteiger partial charge in [-0.3, -0.25) is 4.79 Å². The van der Waals surface area contributed by atoms with Crippen molar-refractivity contribution in [3.05, 3.63) is 42.2 Å². The third kappa shape index (κ3) is 3.03. The van der Waals surface area contributed by atoms with Crippen LogP contribution < -0.4 is 4.74 Å². The van der Waals surface area contributed by atoms with E-state index in [0.717, 1.165) is 11.3 Å².